The van der Waals surface area contributed by atoms with E-state index >= 15 is 0 Å². The van der Waals surface area contributed by atoms with Gasteiger partial charge in [0.25, 0.3) is 0 Å². The molecule has 0 aliphatic heterocycles. The standard InChI is InChI=1S/C23H32N6O2/c1-15-16(2)29(18-9-5-4-6-10-18)21(19(15)13-24)27-20(30)14-25-23(11-7-8-12-23)22-26-17(3)31-28-22/h18,25H,4-12,14H2,1-3H3,(H,27,30). The van der Waals surface area contributed by atoms with E-state index in [0.717, 1.165) is 49.8 Å². The normalized spacial score (nSPS) is 18.8. The maximum Gasteiger partial charge on any atom is 0.239 e. The zero-order valence-corrected chi connectivity index (χ0v) is 18.8. The molecule has 0 bridgehead atoms. The number of aromatic nitrogens is 3. The molecule has 0 saturated heterocycles. The quantitative estimate of drug-likeness (QED) is 0.720. The van der Waals surface area contributed by atoms with Gasteiger partial charge in [-0.1, -0.05) is 37.3 Å². The molecule has 2 aromatic rings. The zero-order chi connectivity index (χ0) is 22.0. The molecule has 0 radical (unpaired) electrons. The van der Waals surface area contributed by atoms with E-state index in [4.69, 9.17) is 4.52 Å². The summed E-state index contributed by atoms with van der Waals surface area (Å²) in [6.45, 7) is 5.92. The lowest BCUT2D eigenvalue weighted by molar-refractivity contribution is -0.115. The van der Waals surface area contributed by atoms with Crippen LogP contribution in [0.3, 0.4) is 0 Å². The average Bonchev–Trinajstić information content (AvgIpc) is 3.47. The van der Waals surface area contributed by atoms with Crippen LogP contribution in [0.2, 0.25) is 0 Å². The first-order valence-electron chi connectivity index (χ1n) is 11.4. The van der Waals surface area contributed by atoms with E-state index in [2.05, 4.69) is 31.4 Å². The SMILES string of the molecule is Cc1nc(C2(NCC(=O)Nc3c(C#N)c(C)c(C)n3C3CCCCC3)CCCC2)no1. The smallest absolute Gasteiger partial charge is 0.239 e. The summed E-state index contributed by atoms with van der Waals surface area (Å²) in [5.41, 5.74) is 2.16. The molecule has 8 nitrogen and oxygen atoms in total. The molecule has 0 aromatic carbocycles. The van der Waals surface area contributed by atoms with E-state index in [1.54, 1.807) is 6.92 Å². The molecule has 2 aliphatic rings. The number of nitrogens with one attached hydrogen (secondary N) is 2. The number of carbonyl (C=O) groups is 1. The van der Waals surface area contributed by atoms with Gasteiger partial charge in [0, 0.05) is 18.7 Å². The second kappa shape index (κ2) is 8.83. The predicted molar refractivity (Wildman–Crippen MR) is 117 cm³/mol. The topological polar surface area (TPSA) is 109 Å². The largest absolute Gasteiger partial charge is 0.340 e. The summed E-state index contributed by atoms with van der Waals surface area (Å²) in [7, 11) is 0. The van der Waals surface area contributed by atoms with E-state index < -0.39 is 5.54 Å². The summed E-state index contributed by atoms with van der Waals surface area (Å²) in [5, 5.41) is 20.4. The minimum atomic E-state index is -0.426. The highest BCUT2D eigenvalue weighted by atomic mass is 16.5. The fourth-order valence-corrected chi connectivity index (χ4v) is 5.26. The fourth-order valence-electron chi connectivity index (χ4n) is 5.26. The minimum Gasteiger partial charge on any atom is -0.340 e. The maximum atomic E-state index is 13.0. The van der Waals surface area contributed by atoms with Crippen molar-refractivity contribution in [3.8, 4) is 6.07 Å². The third-order valence-corrected chi connectivity index (χ3v) is 7.07. The third-order valence-electron chi connectivity index (χ3n) is 7.07. The molecule has 2 aliphatic carbocycles. The Morgan fingerprint density at radius 2 is 1.90 bits per heavy atom. The first-order chi connectivity index (χ1) is 14.9. The number of aryl methyl sites for hydroxylation is 1. The molecule has 2 fully saturated rings. The average molecular weight is 425 g/mol. The maximum absolute atomic E-state index is 13.0. The van der Waals surface area contributed by atoms with Crippen molar-refractivity contribution in [3.63, 3.8) is 0 Å². The van der Waals surface area contributed by atoms with E-state index in [0.29, 0.717) is 29.1 Å². The van der Waals surface area contributed by atoms with Crippen molar-refractivity contribution in [1.29, 1.82) is 5.26 Å². The van der Waals surface area contributed by atoms with Crippen LogP contribution in [-0.2, 0) is 10.3 Å². The van der Waals surface area contributed by atoms with Gasteiger partial charge in [0.1, 0.15) is 11.9 Å². The molecule has 0 unspecified atom stereocenters. The van der Waals surface area contributed by atoms with E-state index in [1.165, 1.54) is 19.3 Å². The first-order valence-corrected chi connectivity index (χ1v) is 11.4. The second-order valence-electron chi connectivity index (χ2n) is 9.04. The van der Waals surface area contributed by atoms with Gasteiger partial charge in [-0.25, -0.2) is 0 Å². The molecule has 0 spiro atoms. The highest BCUT2D eigenvalue weighted by Crippen LogP contribution is 2.38. The molecule has 31 heavy (non-hydrogen) atoms. The molecule has 2 aromatic heterocycles. The lowest BCUT2D eigenvalue weighted by Crippen LogP contribution is -2.45. The lowest BCUT2D eigenvalue weighted by Gasteiger charge is -2.28. The summed E-state index contributed by atoms with van der Waals surface area (Å²) in [5.74, 6) is 1.65. The van der Waals surface area contributed by atoms with Crippen molar-refractivity contribution in [2.24, 2.45) is 0 Å². The Morgan fingerprint density at radius 1 is 1.19 bits per heavy atom. The second-order valence-corrected chi connectivity index (χ2v) is 9.04. The Morgan fingerprint density at radius 3 is 2.52 bits per heavy atom. The molecular weight excluding hydrogens is 392 g/mol. The van der Waals surface area contributed by atoms with Crippen molar-refractivity contribution >= 4 is 11.7 Å². The molecule has 8 heteroatoms. The van der Waals surface area contributed by atoms with Gasteiger partial charge in [0.15, 0.2) is 5.82 Å². The Hall–Kier alpha value is -2.66. The Bertz CT molecular complexity index is 987. The van der Waals surface area contributed by atoms with Crippen LogP contribution >= 0.6 is 0 Å². The van der Waals surface area contributed by atoms with Crippen molar-refractivity contribution in [2.75, 3.05) is 11.9 Å². The zero-order valence-electron chi connectivity index (χ0n) is 18.8. The van der Waals surface area contributed by atoms with Crippen LogP contribution < -0.4 is 10.6 Å². The summed E-state index contributed by atoms with van der Waals surface area (Å²) in [6.07, 6.45) is 9.66. The fraction of sp³-hybridized carbons (Fsp3) is 0.652. The predicted octanol–water partition coefficient (Wildman–Crippen LogP) is 4.17. The molecular formula is C23H32N6O2. The summed E-state index contributed by atoms with van der Waals surface area (Å²) in [4.78, 5) is 17.4. The Kier molecular flexibility index (Phi) is 6.15. The van der Waals surface area contributed by atoms with E-state index in [1.807, 2.05) is 13.8 Å². The highest BCUT2D eigenvalue weighted by molar-refractivity contribution is 5.93. The monoisotopic (exact) mass is 424 g/mol. The minimum absolute atomic E-state index is 0.131. The van der Waals surface area contributed by atoms with Gasteiger partial charge in [-0.2, -0.15) is 10.2 Å². The van der Waals surface area contributed by atoms with E-state index in [9.17, 15) is 10.1 Å². The van der Waals surface area contributed by atoms with Gasteiger partial charge in [-0.15, -0.1) is 0 Å². The van der Waals surface area contributed by atoms with Crippen molar-refractivity contribution in [2.45, 2.75) is 90.1 Å². The van der Waals surface area contributed by atoms with Crippen LogP contribution in [0, 0.1) is 32.1 Å². The molecule has 1 amide bonds. The van der Waals surface area contributed by atoms with Crippen LogP contribution in [-0.4, -0.2) is 27.2 Å². The molecule has 2 N–H and O–H groups in total. The Balaban J connectivity index is 1.53. The number of nitrogens with zero attached hydrogens (tertiary/aromatic N) is 4. The molecule has 0 atom stereocenters. The number of rotatable bonds is 6. The summed E-state index contributed by atoms with van der Waals surface area (Å²) < 4.78 is 7.39. The van der Waals surface area contributed by atoms with Gasteiger partial charge in [0.05, 0.1) is 17.6 Å². The lowest BCUT2D eigenvalue weighted by atomic mass is 9.95. The van der Waals surface area contributed by atoms with Crippen molar-refractivity contribution < 1.29 is 9.32 Å². The van der Waals surface area contributed by atoms with Gasteiger partial charge in [-0.3, -0.25) is 10.1 Å². The first kappa shape index (κ1) is 21.6. The van der Waals surface area contributed by atoms with Gasteiger partial charge >= 0.3 is 0 Å². The van der Waals surface area contributed by atoms with Crippen LogP contribution in [0.15, 0.2) is 4.52 Å². The highest BCUT2D eigenvalue weighted by Gasteiger charge is 2.40. The van der Waals surface area contributed by atoms with Crippen LogP contribution in [0.1, 0.15) is 92.4 Å². The number of hydrogen-bond donors (Lipinski definition) is 2. The van der Waals surface area contributed by atoms with Gasteiger partial charge in [0.2, 0.25) is 11.8 Å². The number of amides is 1. The number of hydrogen-bond acceptors (Lipinski definition) is 6. The summed E-state index contributed by atoms with van der Waals surface area (Å²) in [6, 6.07) is 2.65. The van der Waals surface area contributed by atoms with Gasteiger partial charge < -0.3 is 14.4 Å². The molecule has 2 heterocycles. The number of nitriles is 1. The Labute approximate surface area is 183 Å². The van der Waals surface area contributed by atoms with Crippen molar-refractivity contribution in [1.82, 2.24) is 20.0 Å². The van der Waals surface area contributed by atoms with Gasteiger partial charge in [-0.05, 0) is 45.1 Å². The van der Waals surface area contributed by atoms with Crippen LogP contribution in [0.25, 0.3) is 0 Å². The number of anilines is 1. The third kappa shape index (κ3) is 4.11. The molecule has 4 rings (SSSR count). The van der Waals surface area contributed by atoms with Crippen LogP contribution in [0.5, 0.6) is 0 Å². The molecule has 166 valence electrons. The van der Waals surface area contributed by atoms with Crippen LogP contribution in [0.4, 0.5) is 5.82 Å². The molecule has 2 saturated carbocycles. The van der Waals surface area contributed by atoms with E-state index in [-0.39, 0.29) is 12.5 Å². The van der Waals surface area contributed by atoms with Crippen molar-refractivity contribution in [3.05, 3.63) is 28.5 Å². The summed E-state index contributed by atoms with van der Waals surface area (Å²) >= 11 is 0. The number of carbonyl (C=O) groups excluding carboxylic acids is 1.